The zero-order valence-electron chi connectivity index (χ0n) is 10.7. The van der Waals surface area contributed by atoms with Gasteiger partial charge >= 0.3 is 6.03 Å². The average Bonchev–Trinajstić information content (AvgIpc) is 2.39. The Morgan fingerprint density at radius 1 is 1.37 bits per heavy atom. The minimum absolute atomic E-state index is 0.0164. The van der Waals surface area contributed by atoms with Gasteiger partial charge in [-0.15, -0.1) is 0 Å². The van der Waals surface area contributed by atoms with Crippen molar-refractivity contribution in [2.45, 2.75) is 6.92 Å². The zero-order valence-corrected chi connectivity index (χ0v) is 12.2. The molecule has 7 heteroatoms. The number of nitrogens with zero attached hydrogens (tertiary/aromatic N) is 3. The second-order valence-electron chi connectivity index (χ2n) is 4.27. The molecule has 1 aromatic heterocycles. The van der Waals surface area contributed by atoms with E-state index in [1.54, 1.807) is 17.2 Å². The summed E-state index contributed by atoms with van der Waals surface area (Å²) in [5.74, 6) is 0.724. The van der Waals surface area contributed by atoms with E-state index >= 15 is 0 Å². The van der Waals surface area contributed by atoms with Crippen LogP contribution in [0.3, 0.4) is 0 Å². The molecule has 0 aliphatic carbocycles. The molecule has 0 aromatic carbocycles. The third-order valence-electron chi connectivity index (χ3n) is 2.98. The predicted molar refractivity (Wildman–Crippen MR) is 77.1 cm³/mol. The van der Waals surface area contributed by atoms with Gasteiger partial charge in [0, 0.05) is 38.9 Å². The number of urea groups is 1. The largest absolute Gasteiger partial charge is 0.352 e. The number of piperazine rings is 1. The highest BCUT2D eigenvalue weighted by Crippen LogP contribution is 2.26. The maximum atomic E-state index is 11.7. The van der Waals surface area contributed by atoms with E-state index in [0.29, 0.717) is 42.8 Å². The molecule has 0 atom stereocenters. The smallest absolute Gasteiger partial charge is 0.317 e. The van der Waals surface area contributed by atoms with Crippen LogP contribution in [0.1, 0.15) is 6.92 Å². The molecule has 1 aliphatic heterocycles. The molecule has 1 aromatic rings. The molecule has 1 fully saturated rings. The lowest BCUT2D eigenvalue weighted by Crippen LogP contribution is -2.52. The fourth-order valence-electron chi connectivity index (χ4n) is 2.02. The molecule has 104 valence electrons. The van der Waals surface area contributed by atoms with Gasteiger partial charge in [0.15, 0.2) is 0 Å². The molecule has 19 heavy (non-hydrogen) atoms. The second-order valence-corrected chi connectivity index (χ2v) is 5.11. The SMILES string of the molecule is CCNC(=O)N1CCN(c2ncc(Cl)cc2Cl)CC1. The zero-order chi connectivity index (χ0) is 13.8. The predicted octanol–water partition coefficient (Wildman–Crippen LogP) is 2.24. The number of nitrogens with one attached hydrogen (secondary N) is 1. The maximum absolute atomic E-state index is 11.7. The molecule has 1 aliphatic rings. The molecule has 1 saturated heterocycles. The number of hydrogen-bond acceptors (Lipinski definition) is 3. The third-order valence-corrected chi connectivity index (χ3v) is 3.47. The maximum Gasteiger partial charge on any atom is 0.317 e. The first-order valence-corrected chi connectivity index (χ1v) is 6.96. The minimum atomic E-state index is -0.0164. The monoisotopic (exact) mass is 302 g/mol. The van der Waals surface area contributed by atoms with Crippen molar-refractivity contribution < 1.29 is 4.79 Å². The number of anilines is 1. The first-order chi connectivity index (χ1) is 9.11. The highest BCUT2D eigenvalue weighted by Gasteiger charge is 2.22. The van der Waals surface area contributed by atoms with Gasteiger partial charge in [0.05, 0.1) is 10.0 Å². The summed E-state index contributed by atoms with van der Waals surface area (Å²) in [5.41, 5.74) is 0. The van der Waals surface area contributed by atoms with Gasteiger partial charge in [-0.3, -0.25) is 0 Å². The lowest BCUT2D eigenvalue weighted by Gasteiger charge is -2.35. The number of hydrogen-bond donors (Lipinski definition) is 1. The summed E-state index contributed by atoms with van der Waals surface area (Å²) in [7, 11) is 0. The van der Waals surface area contributed by atoms with Crippen molar-refractivity contribution in [3.05, 3.63) is 22.3 Å². The third kappa shape index (κ3) is 3.42. The van der Waals surface area contributed by atoms with Gasteiger partial charge in [0.25, 0.3) is 0 Å². The van der Waals surface area contributed by atoms with Crippen LogP contribution in [0, 0.1) is 0 Å². The molecule has 0 spiro atoms. The highest BCUT2D eigenvalue weighted by molar-refractivity contribution is 6.36. The molecule has 0 unspecified atom stereocenters. The summed E-state index contributed by atoms with van der Waals surface area (Å²) >= 11 is 12.0. The van der Waals surface area contributed by atoms with E-state index in [4.69, 9.17) is 23.2 Å². The summed E-state index contributed by atoms with van der Waals surface area (Å²) in [5, 5.41) is 3.86. The summed E-state index contributed by atoms with van der Waals surface area (Å²) in [6.07, 6.45) is 1.58. The van der Waals surface area contributed by atoms with Crippen LogP contribution in [0.4, 0.5) is 10.6 Å². The van der Waals surface area contributed by atoms with E-state index in [9.17, 15) is 4.79 Å². The highest BCUT2D eigenvalue weighted by atomic mass is 35.5. The molecule has 2 rings (SSSR count). The molecule has 2 heterocycles. The lowest BCUT2D eigenvalue weighted by atomic mass is 10.3. The Morgan fingerprint density at radius 3 is 2.63 bits per heavy atom. The van der Waals surface area contributed by atoms with Gasteiger partial charge in [0.2, 0.25) is 0 Å². The van der Waals surface area contributed by atoms with Gasteiger partial charge in [-0.1, -0.05) is 23.2 Å². The van der Waals surface area contributed by atoms with Crippen molar-refractivity contribution in [2.75, 3.05) is 37.6 Å². The number of carbonyl (C=O) groups is 1. The average molecular weight is 303 g/mol. The van der Waals surface area contributed by atoms with Crippen LogP contribution in [-0.2, 0) is 0 Å². The summed E-state index contributed by atoms with van der Waals surface area (Å²) < 4.78 is 0. The van der Waals surface area contributed by atoms with Gasteiger partial charge in [-0.25, -0.2) is 9.78 Å². The van der Waals surface area contributed by atoms with Crippen LogP contribution in [0.25, 0.3) is 0 Å². The molecule has 0 radical (unpaired) electrons. The Hall–Kier alpha value is -1.20. The van der Waals surface area contributed by atoms with E-state index in [1.165, 1.54) is 0 Å². The normalized spacial score (nSPS) is 15.5. The van der Waals surface area contributed by atoms with Crippen molar-refractivity contribution in [3.63, 3.8) is 0 Å². The summed E-state index contributed by atoms with van der Waals surface area (Å²) in [6, 6.07) is 1.67. The van der Waals surface area contributed by atoms with Crippen molar-refractivity contribution in [1.29, 1.82) is 0 Å². The van der Waals surface area contributed by atoms with Gasteiger partial charge < -0.3 is 15.1 Å². The number of amides is 2. The van der Waals surface area contributed by atoms with Crippen molar-refractivity contribution in [2.24, 2.45) is 0 Å². The van der Waals surface area contributed by atoms with E-state index in [0.717, 1.165) is 5.82 Å². The lowest BCUT2D eigenvalue weighted by molar-refractivity contribution is 0.195. The Labute approximate surface area is 122 Å². The van der Waals surface area contributed by atoms with Crippen molar-refractivity contribution in [1.82, 2.24) is 15.2 Å². The van der Waals surface area contributed by atoms with Gasteiger partial charge in [-0.05, 0) is 13.0 Å². The molecular formula is C12H16Cl2N4O. The number of rotatable bonds is 2. The topological polar surface area (TPSA) is 48.5 Å². The van der Waals surface area contributed by atoms with Crippen molar-refractivity contribution in [3.8, 4) is 0 Å². The molecule has 0 saturated carbocycles. The summed E-state index contributed by atoms with van der Waals surface area (Å²) in [4.78, 5) is 19.8. The van der Waals surface area contributed by atoms with Crippen LogP contribution in [0.2, 0.25) is 10.0 Å². The number of halogens is 2. The van der Waals surface area contributed by atoms with Crippen LogP contribution in [-0.4, -0.2) is 48.6 Å². The Kier molecular flexibility index (Phi) is 4.71. The Morgan fingerprint density at radius 2 is 2.05 bits per heavy atom. The molecule has 1 N–H and O–H groups in total. The standard InChI is InChI=1S/C12H16Cl2N4O/c1-2-15-12(19)18-5-3-17(4-6-18)11-10(14)7-9(13)8-16-11/h7-8H,2-6H2,1H3,(H,15,19). The molecular weight excluding hydrogens is 287 g/mol. The Bertz CT molecular complexity index is 461. The van der Waals surface area contributed by atoms with Crippen LogP contribution >= 0.6 is 23.2 Å². The van der Waals surface area contributed by atoms with Gasteiger partial charge in [-0.2, -0.15) is 0 Å². The summed E-state index contributed by atoms with van der Waals surface area (Å²) in [6.45, 7) is 5.30. The second kappa shape index (κ2) is 6.30. The fraction of sp³-hybridized carbons (Fsp3) is 0.500. The fourth-order valence-corrected chi connectivity index (χ4v) is 2.52. The number of aromatic nitrogens is 1. The van der Waals surface area contributed by atoms with E-state index < -0.39 is 0 Å². The van der Waals surface area contributed by atoms with E-state index in [2.05, 4.69) is 15.2 Å². The number of carbonyl (C=O) groups excluding carboxylic acids is 1. The van der Waals surface area contributed by atoms with Crippen LogP contribution < -0.4 is 10.2 Å². The molecule has 0 bridgehead atoms. The van der Waals surface area contributed by atoms with Gasteiger partial charge in [0.1, 0.15) is 5.82 Å². The van der Waals surface area contributed by atoms with E-state index in [1.807, 2.05) is 6.92 Å². The quantitative estimate of drug-likeness (QED) is 0.911. The number of pyridine rings is 1. The first kappa shape index (κ1) is 14.2. The first-order valence-electron chi connectivity index (χ1n) is 6.20. The van der Waals surface area contributed by atoms with Crippen molar-refractivity contribution >= 4 is 35.1 Å². The van der Waals surface area contributed by atoms with E-state index in [-0.39, 0.29) is 6.03 Å². The molecule has 2 amide bonds. The van der Waals surface area contributed by atoms with Crippen LogP contribution in [0.5, 0.6) is 0 Å². The molecule has 5 nitrogen and oxygen atoms in total. The minimum Gasteiger partial charge on any atom is -0.352 e. The Balaban J connectivity index is 1.98. The van der Waals surface area contributed by atoms with Crippen LogP contribution in [0.15, 0.2) is 12.3 Å².